The molecule has 2 aromatic carbocycles. The summed E-state index contributed by atoms with van der Waals surface area (Å²) in [5.74, 6) is -0.205. The number of nitrogens with one attached hydrogen (secondary N) is 1. The Morgan fingerprint density at radius 2 is 1.78 bits per heavy atom. The quantitative estimate of drug-likeness (QED) is 0.366. The molecule has 1 aliphatic heterocycles. The molecule has 36 heavy (non-hydrogen) atoms. The Morgan fingerprint density at radius 3 is 2.42 bits per heavy atom. The van der Waals surface area contributed by atoms with Crippen LogP contribution in [0.5, 0.6) is 0 Å². The second kappa shape index (κ2) is 10.6. The van der Waals surface area contributed by atoms with E-state index >= 15 is 0 Å². The van der Waals surface area contributed by atoms with Crippen molar-refractivity contribution >= 4 is 45.2 Å². The van der Waals surface area contributed by atoms with Crippen molar-refractivity contribution in [3.05, 3.63) is 75.0 Å². The molecule has 0 spiro atoms. The van der Waals surface area contributed by atoms with Crippen molar-refractivity contribution in [1.29, 1.82) is 0 Å². The minimum Gasteiger partial charge on any atom is -0.444 e. The normalized spacial score (nSPS) is 14.6. The number of rotatable bonds is 4. The third kappa shape index (κ3) is 5.93. The van der Waals surface area contributed by atoms with E-state index in [2.05, 4.69) is 26.3 Å². The summed E-state index contributed by atoms with van der Waals surface area (Å²) in [5, 5.41) is 8.25. The first kappa shape index (κ1) is 26.2. The van der Waals surface area contributed by atoms with E-state index in [1.165, 1.54) is 0 Å². The average molecular weight is 574 g/mol. The number of anilines is 1. The van der Waals surface area contributed by atoms with Gasteiger partial charge in [0.15, 0.2) is 0 Å². The maximum Gasteiger partial charge on any atom is 0.410 e. The first-order valence-corrected chi connectivity index (χ1v) is 13.1. The van der Waals surface area contributed by atoms with Gasteiger partial charge in [-0.25, -0.2) is 9.48 Å². The first-order chi connectivity index (χ1) is 17.0. The molecule has 0 saturated carbocycles. The lowest BCUT2D eigenvalue weighted by atomic mass is 9.90. The Hall–Kier alpha value is -2.84. The average Bonchev–Trinajstić information content (AvgIpc) is 3.26. The molecule has 1 saturated heterocycles. The zero-order valence-corrected chi connectivity index (χ0v) is 23.2. The molecule has 4 rings (SSSR count). The highest BCUT2D eigenvalue weighted by atomic mass is 79.9. The van der Waals surface area contributed by atoms with Crippen molar-refractivity contribution in [3.8, 4) is 5.69 Å². The number of aromatic nitrogens is 2. The lowest BCUT2D eigenvalue weighted by Gasteiger charge is -2.34. The molecule has 1 N–H and O–H groups in total. The molecule has 3 aromatic rings. The Kier molecular flexibility index (Phi) is 7.76. The van der Waals surface area contributed by atoms with Crippen LogP contribution >= 0.6 is 27.5 Å². The van der Waals surface area contributed by atoms with Gasteiger partial charge in [-0.15, -0.1) is 0 Å². The Labute approximate surface area is 224 Å². The summed E-state index contributed by atoms with van der Waals surface area (Å²) < 4.78 is 8.31. The zero-order chi connectivity index (χ0) is 26.0. The largest absolute Gasteiger partial charge is 0.444 e. The second-order valence-electron chi connectivity index (χ2n) is 9.94. The minimum absolute atomic E-state index is 0.0234. The van der Waals surface area contributed by atoms with E-state index in [0.717, 1.165) is 21.4 Å². The summed E-state index contributed by atoms with van der Waals surface area (Å²) in [5.41, 5.74) is 3.19. The van der Waals surface area contributed by atoms with E-state index in [1.54, 1.807) is 11.1 Å². The standard InChI is InChI=1S/C27H30BrClN4O3/c1-17-22(29)6-5-7-23(17)33-24(18-12-14-32(15-13-18)26(35)36-27(2,3)4)21(16-30-33)25(34)31-20-10-8-19(28)9-11-20/h5-11,16,18H,12-15H2,1-4H3,(H,31,34). The molecule has 1 aromatic heterocycles. The van der Waals surface area contributed by atoms with Crippen LogP contribution < -0.4 is 5.32 Å². The topological polar surface area (TPSA) is 76.5 Å². The lowest BCUT2D eigenvalue weighted by Crippen LogP contribution is -2.41. The van der Waals surface area contributed by atoms with Crippen LogP contribution in [0.2, 0.25) is 5.02 Å². The predicted molar refractivity (Wildman–Crippen MR) is 145 cm³/mol. The molecule has 0 bridgehead atoms. The van der Waals surface area contributed by atoms with Crippen molar-refractivity contribution in [3.63, 3.8) is 0 Å². The summed E-state index contributed by atoms with van der Waals surface area (Å²) in [6.07, 6.45) is 2.67. The SMILES string of the molecule is Cc1c(Cl)cccc1-n1ncc(C(=O)Nc2ccc(Br)cc2)c1C1CCN(C(=O)OC(C)(C)C)CC1. The summed E-state index contributed by atoms with van der Waals surface area (Å²) in [6.45, 7) is 8.59. The van der Waals surface area contributed by atoms with Gasteiger partial charge in [-0.2, -0.15) is 5.10 Å². The monoisotopic (exact) mass is 572 g/mol. The molecule has 0 radical (unpaired) electrons. The second-order valence-corrected chi connectivity index (χ2v) is 11.3. The fourth-order valence-corrected chi connectivity index (χ4v) is 4.77. The maximum atomic E-state index is 13.4. The smallest absolute Gasteiger partial charge is 0.410 e. The number of likely N-dealkylation sites (tertiary alicyclic amines) is 1. The Morgan fingerprint density at radius 1 is 1.11 bits per heavy atom. The molecule has 9 heteroatoms. The molecule has 1 fully saturated rings. The fourth-order valence-electron chi connectivity index (χ4n) is 4.34. The number of hydrogen-bond acceptors (Lipinski definition) is 4. The number of piperidine rings is 1. The summed E-state index contributed by atoms with van der Waals surface area (Å²) in [4.78, 5) is 27.7. The van der Waals surface area contributed by atoms with Crippen LogP contribution in [0.25, 0.3) is 5.69 Å². The van der Waals surface area contributed by atoms with Crippen molar-refractivity contribution in [2.45, 2.75) is 52.1 Å². The van der Waals surface area contributed by atoms with Crippen molar-refractivity contribution in [2.24, 2.45) is 0 Å². The molecule has 0 unspecified atom stereocenters. The number of nitrogens with zero attached hydrogens (tertiary/aromatic N) is 3. The van der Waals surface area contributed by atoms with E-state index in [9.17, 15) is 9.59 Å². The van der Waals surface area contributed by atoms with Crippen LogP contribution in [0.15, 0.2) is 53.1 Å². The van der Waals surface area contributed by atoms with E-state index in [-0.39, 0.29) is 17.9 Å². The van der Waals surface area contributed by atoms with Crippen molar-refractivity contribution in [1.82, 2.24) is 14.7 Å². The number of hydrogen-bond donors (Lipinski definition) is 1. The molecule has 1 aliphatic rings. The molecule has 7 nitrogen and oxygen atoms in total. The van der Waals surface area contributed by atoms with E-state index < -0.39 is 5.60 Å². The van der Waals surface area contributed by atoms with Crippen LogP contribution in [-0.4, -0.2) is 45.4 Å². The van der Waals surface area contributed by atoms with Gasteiger partial charge in [-0.1, -0.05) is 33.6 Å². The fraction of sp³-hybridized carbons (Fsp3) is 0.370. The van der Waals surface area contributed by atoms with Gasteiger partial charge >= 0.3 is 6.09 Å². The molecule has 190 valence electrons. The number of amides is 2. The maximum absolute atomic E-state index is 13.4. The highest BCUT2D eigenvalue weighted by Crippen LogP contribution is 2.34. The van der Waals surface area contributed by atoms with Crippen molar-refractivity contribution in [2.75, 3.05) is 18.4 Å². The van der Waals surface area contributed by atoms with Crippen LogP contribution in [0.3, 0.4) is 0 Å². The van der Waals surface area contributed by atoms with Gasteiger partial charge in [0.1, 0.15) is 5.60 Å². The Bertz CT molecular complexity index is 1260. The van der Waals surface area contributed by atoms with Gasteiger partial charge in [-0.05, 0) is 82.5 Å². The van der Waals surface area contributed by atoms with Crippen LogP contribution in [0.1, 0.15) is 61.1 Å². The molecular formula is C27H30BrClN4O3. The van der Waals surface area contributed by atoms with Gasteiger partial charge < -0.3 is 15.0 Å². The van der Waals surface area contributed by atoms with Crippen LogP contribution in [0.4, 0.5) is 10.5 Å². The van der Waals surface area contributed by atoms with Gasteiger partial charge in [0.2, 0.25) is 0 Å². The number of carbonyl (C=O) groups is 2. The third-order valence-corrected chi connectivity index (χ3v) is 7.09. The van der Waals surface area contributed by atoms with Crippen LogP contribution in [0, 0.1) is 6.92 Å². The highest BCUT2D eigenvalue weighted by molar-refractivity contribution is 9.10. The molecule has 2 amide bonds. The third-order valence-electron chi connectivity index (χ3n) is 6.15. The lowest BCUT2D eigenvalue weighted by molar-refractivity contribution is 0.0203. The van der Waals surface area contributed by atoms with Crippen molar-refractivity contribution < 1.29 is 14.3 Å². The first-order valence-electron chi connectivity index (χ1n) is 11.9. The summed E-state index contributed by atoms with van der Waals surface area (Å²) in [7, 11) is 0. The summed E-state index contributed by atoms with van der Waals surface area (Å²) >= 11 is 9.83. The highest BCUT2D eigenvalue weighted by Gasteiger charge is 2.32. The van der Waals surface area contributed by atoms with Gasteiger partial charge in [0.05, 0.1) is 23.1 Å². The molecule has 0 atom stereocenters. The predicted octanol–water partition coefficient (Wildman–Crippen LogP) is 6.96. The number of carbonyl (C=O) groups excluding carboxylic acids is 2. The number of benzene rings is 2. The zero-order valence-electron chi connectivity index (χ0n) is 20.8. The minimum atomic E-state index is -0.547. The van der Waals surface area contributed by atoms with E-state index in [4.69, 9.17) is 16.3 Å². The van der Waals surface area contributed by atoms with E-state index in [0.29, 0.717) is 42.2 Å². The van der Waals surface area contributed by atoms with Gasteiger partial charge in [0, 0.05) is 34.2 Å². The molecule has 0 aliphatic carbocycles. The number of halogens is 2. The van der Waals surface area contributed by atoms with Gasteiger partial charge in [-0.3, -0.25) is 4.79 Å². The number of ether oxygens (including phenoxy) is 1. The van der Waals surface area contributed by atoms with E-state index in [1.807, 2.05) is 74.8 Å². The van der Waals surface area contributed by atoms with Crippen LogP contribution in [-0.2, 0) is 4.74 Å². The molecule has 2 heterocycles. The summed E-state index contributed by atoms with van der Waals surface area (Å²) in [6, 6.07) is 13.1. The Balaban J connectivity index is 1.65. The van der Waals surface area contributed by atoms with Gasteiger partial charge in [0.25, 0.3) is 5.91 Å². The molecular weight excluding hydrogens is 544 g/mol.